The molecule has 2 aromatic heterocycles. The molecule has 3 heterocycles. The van der Waals surface area contributed by atoms with Gasteiger partial charge in [-0.3, -0.25) is 15.4 Å². The van der Waals surface area contributed by atoms with Gasteiger partial charge in [-0.05, 0) is 48.0 Å². The number of rotatable bonds is 3. The number of halogens is 1. The maximum Gasteiger partial charge on any atom is 0.0976 e. The Labute approximate surface area is 150 Å². The van der Waals surface area contributed by atoms with Gasteiger partial charge in [-0.25, -0.2) is 0 Å². The molecule has 1 atom stereocenters. The van der Waals surface area contributed by atoms with Crippen molar-refractivity contribution in [2.24, 2.45) is 5.10 Å². The summed E-state index contributed by atoms with van der Waals surface area (Å²) in [6.07, 6.45) is 5.67. The summed E-state index contributed by atoms with van der Waals surface area (Å²) in [5.74, 6) is -0.0366. The van der Waals surface area contributed by atoms with Crippen LogP contribution in [0.4, 0.5) is 0 Å². The Kier molecular flexibility index (Phi) is 4.27. The number of nitrogens with zero attached hydrogens (tertiary/aromatic N) is 3. The van der Waals surface area contributed by atoms with Crippen LogP contribution in [-0.4, -0.2) is 15.7 Å². The molecule has 4 nitrogen and oxygen atoms in total. The summed E-state index contributed by atoms with van der Waals surface area (Å²) in [7, 11) is 0. The highest BCUT2D eigenvalue weighted by atomic mass is 35.5. The van der Waals surface area contributed by atoms with Crippen molar-refractivity contribution in [1.29, 1.82) is 0 Å². The summed E-state index contributed by atoms with van der Waals surface area (Å²) in [5.41, 5.74) is 7.65. The first-order chi connectivity index (χ1) is 12.3. The first-order valence-corrected chi connectivity index (χ1v) is 8.33. The maximum absolute atomic E-state index is 6.05. The quantitative estimate of drug-likeness (QED) is 0.770. The fraction of sp³-hybridized carbons (Fsp3) is 0.0500. The summed E-state index contributed by atoms with van der Waals surface area (Å²) in [5, 5.41) is 5.31. The molecular weight excluding hydrogens is 332 g/mol. The van der Waals surface area contributed by atoms with Crippen molar-refractivity contribution in [1.82, 2.24) is 15.4 Å². The second-order valence-corrected chi connectivity index (χ2v) is 6.08. The predicted octanol–water partition coefficient (Wildman–Crippen LogP) is 4.26. The fourth-order valence-corrected chi connectivity index (χ4v) is 2.92. The Hall–Kier alpha value is -2.98. The minimum Gasteiger partial charge on any atom is -0.276 e. The van der Waals surface area contributed by atoms with E-state index in [1.54, 1.807) is 12.4 Å². The van der Waals surface area contributed by atoms with E-state index >= 15 is 0 Å². The van der Waals surface area contributed by atoms with E-state index in [0.717, 1.165) is 28.4 Å². The van der Waals surface area contributed by atoms with Crippen molar-refractivity contribution in [2.45, 2.75) is 5.92 Å². The highest BCUT2D eigenvalue weighted by Crippen LogP contribution is 2.29. The molecule has 122 valence electrons. The second-order valence-electron chi connectivity index (χ2n) is 5.65. The van der Waals surface area contributed by atoms with Crippen molar-refractivity contribution >= 4 is 23.0 Å². The largest absolute Gasteiger partial charge is 0.276 e. The van der Waals surface area contributed by atoms with E-state index in [2.05, 4.69) is 26.6 Å². The molecule has 0 spiro atoms. The fourth-order valence-electron chi connectivity index (χ4n) is 2.79. The van der Waals surface area contributed by atoms with Crippen LogP contribution in [-0.2, 0) is 0 Å². The molecule has 0 amide bonds. The molecule has 25 heavy (non-hydrogen) atoms. The van der Waals surface area contributed by atoms with Gasteiger partial charge in [0.1, 0.15) is 0 Å². The molecule has 1 aliphatic heterocycles. The molecule has 4 rings (SSSR count). The zero-order chi connectivity index (χ0) is 17.1. The normalized spacial score (nSPS) is 16.6. The molecule has 0 bridgehead atoms. The van der Waals surface area contributed by atoms with Crippen molar-refractivity contribution in [3.8, 4) is 0 Å². The van der Waals surface area contributed by atoms with Crippen molar-refractivity contribution < 1.29 is 0 Å². The van der Waals surface area contributed by atoms with Gasteiger partial charge in [-0.15, -0.1) is 0 Å². The topological polar surface area (TPSA) is 50.2 Å². The Morgan fingerprint density at radius 1 is 0.800 bits per heavy atom. The first-order valence-electron chi connectivity index (χ1n) is 7.95. The average molecular weight is 347 g/mol. The zero-order valence-electron chi connectivity index (χ0n) is 13.3. The number of pyridine rings is 2. The lowest BCUT2D eigenvalue weighted by Gasteiger charge is -2.23. The van der Waals surface area contributed by atoms with E-state index in [0.29, 0.717) is 5.02 Å². The van der Waals surface area contributed by atoms with Gasteiger partial charge in [0.15, 0.2) is 0 Å². The third-order valence-electron chi connectivity index (χ3n) is 4.02. The molecule has 3 aromatic rings. The molecule has 0 aliphatic carbocycles. The molecule has 0 radical (unpaired) electrons. The van der Waals surface area contributed by atoms with Gasteiger partial charge in [0.2, 0.25) is 0 Å². The SMILES string of the molecule is Clc1ccc(C2C=C(c3ccccn3)NN=C2c2ccccn2)cc1. The van der Waals surface area contributed by atoms with E-state index in [1.165, 1.54) is 0 Å². The van der Waals surface area contributed by atoms with Gasteiger partial charge in [-0.1, -0.05) is 35.9 Å². The standard InChI is InChI=1S/C20H15ClN4/c21-15-9-7-14(8-10-15)16-13-19(17-5-1-3-11-22-17)24-25-20(16)18-6-2-4-12-23-18/h1-13,16,24H. The highest BCUT2D eigenvalue weighted by Gasteiger charge is 2.24. The molecule has 1 unspecified atom stereocenters. The first kappa shape index (κ1) is 15.5. The minimum atomic E-state index is -0.0366. The monoisotopic (exact) mass is 346 g/mol. The summed E-state index contributed by atoms with van der Waals surface area (Å²) in [6.45, 7) is 0. The number of hydrogen-bond donors (Lipinski definition) is 1. The van der Waals surface area contributed by atoms with E-state index in [4.69, 9.17) is 11.6 Å². The third-order valence-corrected chi connectivity index (χ3v) is 4.27. The van der Waals surface area contributed by atoms with Gasteiger partial charge in [-0.2, -0.15) is 5.10 Å². The summed E-state index contributed by atoms with van der Waals surface area (Å²) >= 11 is 6.05. The average Bonchev–Trinajstić information content (AvgIpc) is 2.69. The summed E-state index contributed by atoms with van der Waals surface area (Å²) in [4.78, 5) is 8.86. The summed E-state index contributed by atoms with van der Waals surface area (Å²) in [6, 6.07) is 19.4. The number of aromatic nitrogens is 2. The smallest absolute Gasteiger partial charge is 0.0976 e. The lowest BCUT2D eigenvalue weighted by Crippen LogP contribution is -2.24. The molecule has 1 N–H and O–H groups in total. The lowest BCUT2D eigenvalue weighted by atomic mass is 9.90. The lowest BCUT2D eigenvalue weighted by molar-refractivity contribution is 0.909. The van der Waals surface area contributed by atoms with Gasteiger partial charge in [0.25, 0.3) is 0 Å². The number of nitrogens with one attached hydrogen (secondary N) is 1. The number of hydrazone groups is 1. The molecule has 0 saturated carbocycles. The van der Waals surface area contributed by atoms with Crippen LogP contribution in [0.25, 0.3) is 5.70 Å². The molecule has 1 aromatic carbocycles. The molecule has 5 heteroatoms. The van der Waals surface area contributed by atoms with Crippen molar-refractivity contribution in [2.75, 3.05) is 0 Å². The van der Waals surface area contributed by atoms with Crippen LogP contribution in [0, 0.1) is 0 Å². The van der Waals surface area contributed by atoms with Gasteiger partial charge < -0.3 is 0 Å². The van der Waals surface area contributed by atoms with Crippen LogP contribution < -0.4 is 5.43 Å². The Bertz CT molecular complexity index is 919. The molecule has 0 saturated heterocycles. The van der Waals surface area contributed by atoms with E-state index in [9.17, 15) is 0 Å². The van der Waals surface area contributed by atoms with Crippen LogP contribution in [0.1, 0.15) is 22.9 Å². The van der Waals surface area contributed by atoms with Crippen LogP contribution in [0.2, 0.25) is 5.02 Å². The highest BCUT2D eigenvalue weighted by molar-refractivity contribution is 6.30. The van der Waals surface area contributed by atoms with E-state index < -0.39 is 0 Å². The number of hydrogen-bond acceptors (Lipinski definition) is 4. The Morgan fingerprint density at radius 3 is 2.12 bits per heavy atom. The Balaban J connectivity index is 1.78. The molecule has 1 aliphatic rings. The molecular formula is C20H15ClN4. The number of benzene rings is 1. The predicted molar refractivity (Wildman–Crippen MR) is 100 cm³/mol. The third kappa shape index (κ3) is 3.30. The maximum atomic E-state index is 6.05. The van der Waals surface area contributed by atoms with Gasteiger partial charge in [0, 0.05) is 17.4 Å². The summed E-state index contributed by atoms with van der Waals surface area (Å²) < 4.78 is 0. The van der Waals surface area contributed by atoms with E-state index in [1.807, 2.05) is 60.7 Å². The van der Waals surface area contributed by atoms with Crippen molar-refractivity contribution in [3.05, 3.63) is 101 Å². The van der Waals surface area contributed by atoms with Gasteiger partial charge in [0.05, 0.1) is 28.7 Å². The molecule has 0 fully saturated rings. The zero-order valence-corrected chi connectivity index (χ0v) is 14.1. The van der Waals surface area contributed by atoms with Gasteiger partial charge >= 0.3 is 0 Å². The van der Waals surface area contributed by atoms with Crippen LogP contribution in [0.5, 0.6) is 0 Å². The van der Waals surface area contributed by atoms with Crippen LogP contribution in [0.15, 0.2) is 84.2 Å². The number of allylic oxidation sites excluding steroid dienone is 1. The van der Waals surface area contributed by atoms with Crippen molar-refractivity contribution in [3.63, 3.8) is 0 Å². The minimum absolute atomic E-state index is 0.0366. The van der Waals surface area contributed by atoms with Crippen LogP contribution in [0.3, 0.4) is 0 Å². The van der Waals surface area contributed by atoms with E-state index in [-0.39, 0.29) is 5.92 Å². The van der Waals surface area contributed by atoms with Crippen LogP contribution >= 0.6 is 11.6 Å². The second kappa shape index (κ2) is 6.87. The Morgan fingerprint density at radius 2 is 1.48 bits per heavy atom.